The number of rotatable bonds is 4. The number of carbonyl (C=O) groups is 1. The van der Waals surface area contributed by atoms with Crippen LogP contribution in [0.4, 0.5) is 19.0 Å². The van der Waals surface area contributed by atoms with E-state index in [0.29, 0.717) is 6.29 Å². The molecule has 0 fully saturated rings. The third-order valence-corrected chi connectivity index (χ3v) is 2.68. The number of carbonyl (C=O) groups excluding carboxylic acids is 1. The van der Waals surface area contributed by atoms with Crippen molar-refractivity contribution in [2.24, 2.45) is 0 Å². The molecule has 22 heavy (non-hydrogen) atoms. The predicted octanol–water partition coefficient (Wildman–Crippen LogP) is 2.64. The number of hydrogen-bond acceptors (Lipinski definition) is 5. The molecule has 1 N–H and O–H groups in total. The van der Waals surface area contributed by atoms with Crippen LogP contribution in [-0.2, 0) is 11.0 Å². The molecule has 0 aliphatic carbocycles. The van der Waals surface area contributed by atoms with Crippen LogP contribution in [0.3, 0.4) is 0 Å². The molecule has 1 aromatic heterocycles. The first-order chi connectivity index (χ1) is 10.4. The zero-order valence-electron chi connectivity index (χ0n) is 11.1. The van der Waals surface area contributed by atoms with Crippen LogP contribution in [0.5, 0.6) is 0 Å². The fraction of sp³-hybridized carbons (Fsp3) is 0.143. The van der Waals surface area contributed by atoms with Crippen molar-refractivity contribution in [3.8, 4) is 17.3 Å². The largest absolute Gasteiger partial charge is 0.416 e. The standard InChI is InChI=1S/C14H9F3N4O/c15-14(16,17)10-3-1-2-9(6-10)11-7-12(19-4-5-22)21-13(8-18)20-11/h1-3,5-7H,4H2,(H,19,20,21). The second-order valence-electron chi connectivity index (χ2n) is 4.20. The Morgan fingerprint density at radius 2 is 2.05 bits per heavy atom. The minimum absolute atomic E-state index is 0.0378. The normalized spacial score (nSPS) is 10.8. The topological polar surface area (TPSA) is 78.7 Å². The number of benzene rings is 1. The monoisotopic (exact) mass is 306 g/mol. The third kappa shape index (κ3) is 3.58. The minimum Gasteiger partial charge on any atom is -0.363 e. The van der Waals surface area contributed by atoms with Gasteiger partial charge in [-0.15, -0.1) is 0 Å². The van der Waals surface area contributed by atoms with Gasteiger partial charge in [-0.05, 0) is 12.1 Å². The lowest BCUT2D eigenvalue weighted by Gasteiger charge is -2.09. The highest BCUT2D eigenvalue weighted by molar-refractivity contribution is 5.65. The number of halogens is 3. The van der Waals surface area contributed by atoms with Crippen molar-refractivity contribution in [1.82, 2.24) is 9.97 Å². The number of hydrogen-bond donors (Lipinski definition) is 1. The first kappa shape index (κ1) is 15.4. The number of nitriles is 1. The molecule has 0 unspecified atom stereocenters. The Hall–Kier alpha value is -2.95. The summed E-state index contributed by atoms with van der Waals surface area (Å²) in [4.78, 5) is 18.1. The minimum atomic E-state index is -4.47. The molecule has 0 radical (unpaired) electrons. The summed E-state index contributed by atoms with van der Waals surface area (Å²) in [5, 5.41) is 11.5. The average Bonchev–Trinajstić information content (AvgIpc) is 2.52. The van der Waals surface area contributed by atoms with E-state index in [9.17, 15) is 18.0 Å². The molecule has 0 aliphatic rings. The van der Waals surface area contributed by atoms with E-state index in [1.165, 1.54) is 18.2 Å². The molecule has 0 bridgehead atoms. The molecular weight excluding hydrogens is 297 g/mol. The summed E-state index contributed by atoms with van der Waals surface area (Å²) < 4.78 is 38.2. The van der Waals surface area contributed by atoms with Crippen molar-refractivity contribution < 1.29 is 18.0 Å². The van der Waals surface area contributed by atoms with Crippen molar-refractivity contribution in [2.75, 3.05) is 11.9 Å². The Morgan fingerprint density at radius 1 is 1.27 bits per heavy atom. The maximum absolute atomic E-state index is 12.7. The Bertz CT molecular complexity index is 738. The maximum Gasteiger partial charge on any atom is 0.416 e. The van der Waals surface area contributed by atoms with E-state index in [1.54, 1.807) is 6.07 Å². The summed E-state index contributed by atoms with van der Waals surface area (Å²) in [5.41, 5.74) is -0.460. The van der Waals surface area contributed by atoms with Gasteiger partial charge in [0.25, 0.3) is 0 Å². The van der Waals surface area contributed by atoms with Gasteiger partial charge in [0.2, 0.25) is 5.82 Å². The van der Waals surface area contributed by atoms with E-state index < -0.39 is 11.7 Å². The van der Waals surface area contributed by atoms with E-state index in [2.05, 4.69) is 15.3 Å². The lowest BCUT2D eigenvalue weighted by molar-refractivity contribution is -0.137. The smallest absolute Gasteiger partial charge is 0.363 e. The summed E-state index contributed by atoms with van der Waals surface area (Å²) in [6.45, 7) is -0.0378. The number of aldehydes is 1. The molecule has 112 valence electrons. The highest BCUT2D eigenvalue weighted by atomic mass is 19.4. The van der Waals surface area contributed by atoms with Gasteiger partial charge in [-0.2, -0.15) is 18.4 Å². The van der Waals surface area contributed by atoms with Gasteiger partial charge >= 0.3 is 6.18 Å². The van der Waals surface area contributed by atoms with Gasteiger partial charge in [-0.3, -0.25) is 0 Å². The average molecular weight is 306 g/mol. The molecule has 0 atom stereocenters. The number of alkyl halides is 3. The Morgan fingerprint density at radius 3 is 2.68 bits per heavy atom. The number of anilines is 1. The van der Waals surface area contributed by atoms with Gasteiger partial charge in [0.1, 0.15) is 18.2 Å². The highest BCUT2D eigenvalue weighted by Crippen LogP contribution is 2.32. The van der Waals surface area contributed by atoms with Crippen molar-refractivity contribution >= 4 is 12.1 Å². The van der Waals surface area contributed by atoms with Crippen LogP contribution in [-0.4, -0.2) is 22.8 Å². The van der Waals surface area contributed by atoms with Crippen molar-refractivity contribution in [3.63, 3.8) is 0 Å². The molecule has 0 amide bonds. The van der Waals surface area contributed by atoms with Crippen LogP contribution in [0, 0.1) is 11.3 Å². The van der Waals surface area contributed by atoms with Gasteiger partial charge in [0.15, 0.2) is 0 Å². The zero-order valence-corrected chi connectivity index (χ0v) is 11.1. The van der Waals surface area contributed by atoms with Crippen LogP contribution in [0.1, 0.15) is 11.4 Å². The Balaban J connectivity index is 2.48. The second-order valence-corrected chi connectivity index (χ2v) is 4.20. The molecular formula is C14H9F3N4O. The van der Waals surface area contributed by atoms with Crippen LogP contribution in [0.25, 0.3) is 11.3 Å². The first-order valence-corrected chi connectivity index (χ1v) is 6.08. The molecule has 0 saturated carbocycles. The molecule has 0 saturated heterocycles. The van der Waals surface area contributed by atoms with Gasteiger partial charge in [0.05, 0.1) is 17.8 Å². The van der Waals surface area contributed by atoms with E-state index in [-0.39, 0.29) is 29.4 Å². The molecule has 0 aliphatic heterocycles. The summed E-state index contributed by atoms with van der Waals surface area (Å²) in [5.74, 6) is -0.0191. The molecule has 1 aromatic carbocycles. The molecule has 0 spiro atoms. The van der Waals surface area contributed by atoms with Gasteiger partial charge in [0, 0.05) is 11.6 Å². The second kappa shape index (κ2) is 6.22. The zero-order chi connectivity index (χ0) is 16.2. The van der Waals surface area contributed by atoms with Crippen LogP contribution < -0.4 is 5.32 Å². The third-order valence-electron chi connectivity index (χ3n) is 2.68. The first-order valence-electron chi connectivity index (χ1n) is 6.08. The van der Waals surface area contributed by atoms with Crippen molar-refractivity contribution in [1.29, 1.82) is 5.26 Å². The van der Waals surface area contributed by atoms with E-state index in [4.69, 9.17) is 5.26 Å². The molecule has 2 aromatic rings. The van der Waals surface area contributed by atoms with Gasteiger partial charge in [-0.25, -0.2) is 9.97 Å². The number of aromatic nitrogens is 2. The number of nitrogens with one attached hydrogen (secondary N) is 1. The summed E-state index contributed by atoms with van der Waals surface area (Å²) >= 11 is 0. The Kier molecular flexibility index (Phi) is 4.36. The Labute approximate surface area is 123 Å². The van der Waals surface area contributed by atoms with Crippen molar-refractivity contribution in [3.05, 3.63) is 41.7 Å². The van der Waals surface area contributed by atoms with Crippen molar-refractivity contribution in [2.45, 2.75) is 6.18 Å². The van der Waals surface area contributed by atoms with Gasteiger partial charge in [-0.1, -0.05) is 12.1 Å². The van der Waals surface area contributed by atoms with E-state index in [0.717, 1.165) is 12.1 Å². The fourth-order valence-electron chi connectivity index (χ4n) is 1.74. The van der Waals surface area contributed by atoms with E-state index in [1.807, 2.05) is 0 Å². The van der Waals surface area contributed by atoms with E-state index >= 15 is 0 Å². The van der Waals surface area contributed by atoms with Crippen LogP contribution in [0.2, 0.25) is 0 Å². The molecule has 5 nitrogen and oxygen atoms in total. The summed E-state index contributed by atoms with van der Waals surface area (Å²) in [7, 11) is 0. The fourth-order valence-corrected chi connectivity index (χ4v) is 1.74. The predicted molar refractivity (Wildman–Crippen MR) is 71.7 cm³/mol. The van der Waals surface area contributed by atoms with Crippen LogP contribution >= 0.6 is 0 Å². The SMILES string of the molecule is N#Cc1nc(NCC=O)cc(-c2cccc(C(F)(F)F)c2)n1. The lowest BCUT2D eigenvalue weighted by atomic mass is 10.1. The highest BCUT2D eigenvalue weighted by Gasteiger charge is 2.30. The van der Waals surface area contributed by atoms with Gasteiger partial charge < -0.3 is 10.1 Å². The maximum atomic E-state index is 12.7. The summed E-state index contributed by atoms with van der Waals surface area (Å²) in [6, 6.07) is 7.69. The summed E-state index contributed by atoms with van der Waals surface area (Å²) in [6.07, 6.45) is -3.88. The number of nitrogens with zero attached hydrogens (tertiary/aromatic N) is 3. The molecule has 8 heteroatoms. The van der Waals surface area contributed by atoms with Crippen LogP contribution in [0.15, 0.2) is 30.3 Å². The molecule has 2 rings (SSSR count). The quantitative estimate of drug-likeness (QED) is 0.879. The lowest BCUT2D eigenvalue weighted by Crippen LogP contribution is -2.07. The molecule has 1 heterocycles.